The highest BCUT2D eigenvalue weighted by Gasteiger charge is 2.30. The van der Waals surface area contributed by atoms with E-state index >= 15 is 0 Å². The number of halogens is 2. The highest BCUT2D eigenvalue weighted by Crippen LogP contribution is 2.32. The second-order valence-electron chi connectivity index (χ2n) is 5.12. The van der Waals surface area contributed by atoms with Crippen LogP contribution in [-0.4, -0.2) is 16.7 Å². The molecule has 0 spiro atoms. The van der Waals surface area contributed by atoms with Crippen molar-refractivity contribution in [2.75, 3.05) is 5.32 Å². The van der Waals surface area contributed by atoms with Crippen molar-refractivity contribution >= 4 is 17.5 Å². The van der Waals surface area contributed by atoms with Gasteiger partial charge in [-0.2, -0.15) is 0 Å². The van der Waals surface area contributed by atoms with E-state index in [1.165, 1.54) is 18.3 Å². The number of anilines is 1. The van der Waals surface area contributed by atoms with Crippen LogP contribution in [0.5, 0.6) is 0 Å². The monoisotopic (exact) mass is 302 g/mol. The molecule has 22 heavy (non-hydrogen) atoms. The third-order valence-corrected chi connectivity index (χ3v) is 3.43. The maximum atomic E-state index is 13.5. The van der Waals surface area contributed by atoms with Gasteiger partial charge in [-0.05, 0) is 37.1 Å². The van der Waals surface area contributed by atoms with Gasteiger partial charge < -0.3 is 5.32 Å². The molecule has 3 rings (SSSR count). The molecule has 0 radical (unpaired) electrons. The first-order valence-corrected chi connectivity index (χ1v) is 6.82. The molecule has 112 valence electrons. The quantitative estimate of drug-likeness (QED) is 0.882. The molecule has 2 aromatic rings. The average molecular weight is 302 g/mol. The summed E-state index contributed by atoms with van der Waals surface area (Å²) in [7, 11) is 0. The fraction of sp³-hybridized carbons (Fsp3) is 0.188. The zero-order valence-electron chi connectivity index (χ0n) is 11.5. The van der Waals surface area contributed by atoms with Crippen LogP contribution in [0.4, 0.5) is 14.6 Å². The summed E-state index contributed by atoms with van der Waals surface area (Å²) in [6.45, 7) is 0. The predicted molar refractivity (Wildman–Crippen MR) is 75.6 cm³/mol. The highest BCUT2D eigenvalue weighted by molar-refractivity contribution is 6.04. The molecule has 4 nitrogen and oxygen atoms in total. The minimum Gasteiger partial charge on any atom is -0.306 e. The van der Waals surface area contributed by atoms with Gasteiger partial charge in [-0.1, -0.05) is 6.07 Å². The van der Waals surface area contributed by atoms with Crippen molar-refractivity contribution in [1.82, 2.24) is 4.98 Å². The fourth-order valence-electron chi connectivity index (χ4n) is 2.09. The highest BCUT2D eigenvalue weighted by atomic mass is 19.1. The lowest BCUT2D eigenvalue weighted by Crippen LogP contribution is -2.16. The molecule has 1 aliphatic rings. The molecule has 1 aromatic carbocycles. The summed E-state index contributed by atoms with van der Waals surface area (Å²) >= 11 is 0. The van der Waals surface area contributed by atoms with Crippen LogP contribution in [-0.2, 0) is 0 Å². The van der Waals surface area contributed by atoms with Crippen molar-refractivity contribution in [3.8, 4) is 0 Å². The molecular formula is C16H12F2N2O2. The maximum Gasteiger partial charge on any atom is 0.262 e. The molecule has 1 aromatic heterocycles. The first kappa shape index (κ1) is 14.3. The molecule has 0 aliphatic heterocycles. The molecule has 1 fully saturated rings. The summed E-state index contributed by atoms with van der Waals surface area (Å²) in [5, 5.41) is 2.31. The third kappa shape index (κ3) is 2.86. The van der Waals surface area contributed by atoms with Gasteiger partial charge in [0.1, 0.15) is 23.0 Å². The van der Waals surface area contributed by atoms with Gasteiger partial charge >= 0.3 is 0 Å². The third-order valence-electron chi connectivity index (χ3n) is 3.43. The van der Waals surface area contributed by atoms with Gasteiger partial charge in [-0.25, -0.2) is 13.8 Å². The van der Waals surface area contributed by atoms with E-state index in [0.717, 1.165) is 25.0 Å². The number of benzene rings is 1. The summed E-state index contributed by atoms with van der Waals surface area (Å²) in [6, 6.07) is 6.16. The predicted octanol–water partition coefficient (Wildman–Crippen LogP) is 3.20. The van der Waals surface area contributed by atoms with Crippen LogP contribution in [0.15, 0.2) is 36.5 Å². The fourth-order valence-corrected chi connectivity index (χ4v) is 2.09. The minimum atomic E-state index is -0.946. The van der Waals surface area contributed by atoms with E-state index in [0.29, 0.717) is 5.56 Å². The average Bonchev–Trinajstić information content (AvgIpc) is 3.32. The van der Waals surface area contributed by atoms with E-state index in [2.05, 4.69) is 10.3 Å². The van der Waals surface area contributed by atoms with Crippen molar-refractivity contribution in [3.05, 3.63) is 59.3 Å². The normalized spacial score (nSPS) is 13.7. The number of nitrogens with one attached hydrogen (secondary N) is 1. The first-order chi connectivity index (χ1) is 10.6. The van der Waals surface area contributed by atoms with Gasteiger partial charge in [-0.3, -0.25) is 9.59 Å². The van der Waals surface area contributed by atoms with Gasteiger partial charge in [0.15, 0.2) is 5.78 Å². The number of hydrogen-bond donors (Lipinski definition) is 1. The van der Waals surface area contributed by atoms with Crippen LogP contribution < -0.4 is 5.32 Å². The Hall–Kier alpha value is -2.63. The molecule has 1 heterocycles. The Labute approximate surface area is 125 Å². The van der Waals surface area contributed by atoms with Crippen LogP contribution in [0.25, 0.3) is 0 Å². The van der Waals surface area contributed by atoms with Crippen LogP contribution in [0, 0.1) is 17.6 Å². The lowest BCUT2D eigenvalue weighted by molar-refractivity contribution is 0.0966. The van der Waals surface area contributed by atoms with Crippen molar-refractivity contribution in [1.29, 1.82) is 0 Å². The summed E-state index contributed by atoms with van der Waals surface area (Å²) in [6.07, 6.45) is 3.14. The smallest absolute Gasteiger partial charge is 0.262 e. The Morgan fingerprint density at radius 2 is 1.77 bits per heavy atom. The van der Waals surface area contributed by atoms with Gasteiger partial charge in [0.2, 0.25) is 0 Å². The zero-order chi connectivity index (χ0) is 15.7. The van der Waals surface area contributed by atoms with Crippen molar-refractivity contribution in [2.24, 2.45) is 5.92 Å². The van der Waals surface area contributed by atoms with E-state index in [1.54, 1.807) is 6.07 Å². The van der Waals surface area contributed by atoms with E-state index in [1.807, 2.05) is 0 Å². The Balaban J connectivity index is 1.75. The number of pyridine rings is 1. The van der Waals surface area contributed by atoms with Crippen LogP contribution >= 0.6 is 0 Å². The van der Waals surface area contributed by atoms with Crippen molar-refractivity contribution in [2.45, 2.75) is 12.8 Å². The minimum absolute atomic E-state index is 0.0329. The summed E-state index contributed by atoms with van der Waals surface area (Å²) in [4.78, 5) is 27.7. The molecule has 0 bridgehead atoms. The van der Waals surface area contributed by atoms with Crippen molar-refractivity contribution in [3.63, 3.8) is 0 Å². The molecule has 0 atom stereocenters. The maximum absolute atomic E-state index is 13.5. The molecule has 0 saturated heterocycles. The van der Waals surface area contributed by atoms with Crippen molar-refractivity contribution < 1.29 is 18.4 Å². The van der Waals surface area contributed by atoms with E-state index in [-0.39, 0.29) is 17.5 Å². The number of nitrogens with zero attached hydrogens (tertiary/aromatic N) is 1. The number of rotatable bonds is 4. The molecule has 1 aliphatic carbocycles. The topological polar surface area (TPSA) is 59.1 Å². The van der Waals surface area contributed by atoms with Gasteiger partial charge in [-0.15, -0.1) is 0 Å². The number of carbonyl (C=O) groups is 2. The van der Waals surface area contributed by atoms with Gasteiger partial charge in [0.05, 0.1) is 0 Å². The van der Waals surface area contributed by atoms with Gasteiger partial charge in [0.25, 0.3) is 5.91 Å². The summed E-state index contributed by atoms with van der Waals surface area (Å²) in [5.74, 6) is -2.58. The largest absolute Gasteiger partial charge is 0.306 e. The molecular weight excluding hydrogens is 290 g/mol. The molecule has 1 N–H and O–H groups in total. The van der Waals surface area contributed by atoms with E-state index < -0.39 is 23.1 Å². The Morgan fingerprint density at radius 3 is 2.32 bits per heavy atom. The molecule has 1 saturated carbocycles. The summed E-state index contributed by atoms with van der Waals surface area (Å²) < 4.78 is 27.0. The van der Waals surface area contributed by atoms with Crippen LogP contribution in [0.2, 0.25) is 0 Å². The van der Waals surface area contributed by atoms with Gasteiger partial charge in [0, 0.05) is 17.7 Å². The van der Waals surface area contributed by atoms with E-state index in [9.17, 15) is 18.4 Å². The lowest BCUT2D eigenvalue weighted by Gasteiger charge is -2.07. The zero-order valence-corrected chi connectivity index (χ0v) is 11.5. The number of ketones is 1. The number of hydrogen-bond acceptors (Lipinski definition) is 3. The number of amides is 1. The number of aromatic nitrogens is 1. The molecule has 6 heteroatoms. The standard InChI is InChI=1S/C16H12F2N2O2/c17-11-2-1-3-12(18)14(11)16(22)20-13-7-6-10(8-19-13)15(21)9-4-5-9/h1-3,6-9H,4-5H2,(H,19,20,22). The Bertz CT molecular complexity index is 720. The first-order valence-electron chi connectivity index (χ1n) is 6.82. The summed E-state index contributed by atoms with van der Waals surface area (Å²) in [5.41, 5.74) is -0.194. The number of Topliss-reactive ketones (excluding diaryl/α,β-unsaturated/α-hetero) is 1. The second-order valence-corrected chi connectivity index (χ2v) is 5.12. The molecule has 0 unspecified atom stereocenters. The Kier molecular flexibility index (Phi) is 3.66. The van der Waals surface area contributed by atoms with E-state index in [4.69, 9.17) is 0 Å². The molecule has 1 amide bonds. The lowest BCUT2D eigenvalue weighted by atomic mass is 10.1. The van der Waals surface area contributed by atoms with Crippen LogP contribution in [0.1, 0.15) is 33.6 Å². The second kappa shape index (κ2) is 5.63. The SMILES string of the molecule is O=C(Nc1ccc(C(=O)C2CC2)cn1)c1c(F)cccc1F. The number of carbonyl (C=O) groups excluding carboxylic acids is 2. The Morgan fingerprint density at radius 1 is 1.09 bits per heavy atom. The van der Waals surface area contributed by atoms with Crippen LogP contribution in [0.3, 0.4) is 0 Å².